The van der Waals surface area contributed by atoms with Crippen molar-refractivity contribution in [3.05, 3.63) is 107 Å². The Morgan fingerprint density at radius 3 is 1.69 bits per heavy atom. The molecule has 0 aliphatic heterocycles. The lowest BCUT2D eigenvalue weighted by molar-refractivity contribution is -0.133. The zero-order valence-corrected chi connectivity index (χ0v) is 15.4. The second kappa shape index (κ2) is 8.48. The van der Waals surface area contributed by atoms with E-state index in [0.29, 0.717) is 13.1 Å². The summed E-state index contributed by atoms with van der Waals surface area (Å²) in [4.78, 5) is 15.2. The second-order valence-corrected chi connectivity index (χ2v) is 6.80. The van der Waals surface area contributed by atoms with E-state index >= 15 is 0 Å². The fraction of sp³-hybridized carbons (Fsp3) is 0.208. The summed E-state index contributed by atoms with van der Waals surface area (Å²) in [6.45, 7) is 5.29. The van der Waals surface area contributed by atoms with E-state index in [1.807, 2.05) is 48.2 Å². The number of benzene rings is 3. The van der Waals surface area contributed by atoms with Crippen LogP contribution in [0.1, 0.15) is 35.1 Å². The Kier molecular flexibility index (Phi) is 5.85. The lowest BCUT2D eigenvalue weighted by Gasteiger charge is -2.26. The highest BCUT2D eigenvalue weighted by Gasteiger charge is 2.22. The van der Waals surface area contributed by atoms with Gasteiger partial charge in [0.15, 0.2) is 0 Å². The van der Waals surface area contributed by atoms with E-state index in [-0.39, 0.29) is 11.8 Å². The van der Waals surface area contributed by atoms with E-state index < -0.39 is 0 Å². The Labute approximate surface area is 156 Å². The maximum absolute atomic E-state index is 13.3. The third kappa shape index (κ3) is 4.60. The lowest BCUT2D eigenvalue weighted by Crippen LogP contribution is -2.33. The van der Waals surface area contributed by atoms with Gasteiger partial charge in [0.25, 0.3) is 0 Å². The molecule has 1 atom stereocenters. The highest BCUT2D eigenvalue weighted by atomic mass is 16.2. The summed E-state index contributed by atoms with van der Waals surface area (Å²) in [6, 6.07) is 28.6. The summed E-state index contributed by atoms with van der Waals surface area (Å²) < 4.78 is 0. The van der Waals surface area contributed by atoms with Crippen molar-refractivity contribution >= 4 is 5.91 Å². The third-order valence-electron chi connectivity index (χ3n) is 4.69. The van der Waals surface area contributed by atoms with E-state index in [4.69, 9.17) is 0 Å². The molecular formula is C24H25NO. The summed E-state index contributed by atoms with van der Waals surface area (Å²) in [5.41, 5.74) is 4.56. The number of hydrogen-bond acceptors (Lipinski definition) is 1. The minimum atomic E-state index is -0.164. The number of amides is 1. The summed E-state index contributed by atoms with van der Waals surface area (Å²) >= 11 is 0. The summed E-state index contributed by atoms with van der Waals surface area (Å²) in [5, 5.41) is 0. The van der Waals surface area contributed by atoms with Gasteiger partial charge < -0.3 is 4.90 Å². The highest BCUT2D eigenvalue weighted by molar-refractivity contribution is 5.83. The Bertz CT molecular complexity index is 784. The first-order valence-electron chi connectivity index (χ1n) is 9.06. The molecule has 0 spiro atoms. The molecule has 0 fully saturated rings. The average molecular weight is 343 g/mol. The summed E-state index contributed by atoms with van der Waals surface area (Å²) in [6.07, 6.45) is 0. The first-order chi connectivity index (χ1) is 12.6. The van der Waals surface area contributed by atoms with Crippen LogP contribution >= 0.6 is 0 Å². The van der Waals surface area contributed by atoms with Crippen LogP contribution in [-0.4, -0.2) is 10.8 Å². The molecule has 2 nitrogen and oxygen atoms in total. The van der Waals surface area contributed by atoms with Crippen molar-refractivity contribution in [2.75, 3.05) is 0 Å². The van der Waals surface area contributed by atoms with Crippen LogP contribution in [-0.2, 0) is 17.9 Å². The van der Waals surface area contributed by atoms with E-state index in [1.165, 1.54) is 5.56 Å². The van der Waals surface area contributed by atoms with Crippen LogP contribution in [0.3, 0.4) is 0 Å². The molecule has 1 unspecified atom stereocenters. The van der Waals surface area contributed by atoms with Gasteiger partial charge in [0.05, 0.1) is 5.92 Å². The lowest BCUT2D eigenvalue weighted by atomic mass is 9.98. The topological polar surface area (TPSA) is 20.3 Å². The van der Waals surface area contributed by atoms with Crippen LogP contribution in [0.15, 0.2) is 84.9 Å². The van der Waals surface area contributed by atoms with Crippen LogP contribution in [0.5, 0.6) is 0 Å². The van der Waals surface area contributed by atoms with Crippen molar-refractivity contribution in [3.8, 4) is 0 Å². The van der Waals surface area contributed by atoms with Crippen LogP contribution in [0, 0.1) is 6.92 Å². The highest BCUT2D eigenvalue weighted by Crippen LogP contribution is 2.21. The molecule has 0 N–H and O–H groups in total. The predicted octanol–water partition coefficient (Wildman–Crippen LogP) is 5.33. The second-order valence-electron chi connectivity index (χ2n) is 6.80. The van der Waals surface area contributed by atoms with Gasteiger partial charge in [-0.2, -0.15) is 0 Å². The number of hydrogen-bond donors (Lipinski definition) is 0. The first kappa shape index (κ1) is 17.9. The van der Waals surface area contributed by atoms with Crippen molar-refractivity contribution in [3.63, 3.8) is 0 Å². The van der Waals surface area contributed by atoms with E-state index in [9.17, 15) is 4.79 Å². The molecule has 0 saturated heterocycles. The monoisotopic (exact) mass is 343 g/mol. The van der Waals surface area contributed by atoms with Crippen molar-refractivity contribution in [2.24, 2.45) is 0 Å². The molecular weight excluding hydrogens is 318 g/mol. The number of carbonyl (C=O) groups excluding carboxylic acids is 1. The molecule has 1 amide bonds. The van der Waals surface area contributed by atoms with Gasteiger partial charge in [0.1, 0.15) is 0 Å². The standard InChI is InChI=1S/C24H25NO/c1-19-13-15-23(16-14-19)20(2)24(26)25(17-21-9-5-3-6-10-21)18-22-11-7-4-8-12-22/h3-16,20H,17-18H2,1-2H3. The van der Waals surface area contributed by atoms with Gasteiger partial charge in [0.2, 0.25) is 5.91 Å². The minimum absolute atomic E-state index is 0.154. The van der Waals surface area contributed by atoms with E-state index in [1.54, 1.807) is 0 Å². The largest absolute Gasteiger partial charge is 0.334 e. The molecule has 0 saturated carbocycles. The molecule has 3 rings (SSSR count). The van der Waals surface area contributed by atoms with Crippen molar-refractivity contribution < 1.29 is 4.79 Å². The van der Waals surface area contributed by atoms with Gasteiger partial charge in [-0.25, -0.2) is 0 Å². The maximum atomic E-state index is 13.3. The minimum Gasteiger partial charge on any atom is -0.334 e. The molecule has 0 aliphatic carbocycles. The molecule has 3 aromatic carbocycles. The van der Waals surface area contributed by atoms with Crippen LogP contribution in [0.4, 0.5) is 0 Å². The Morgan fingerprint density at radius 1 is 0.769 bits per heavy atom. The quantitative estimate of drug-likeness (QED) is 0.592. The predicted molar refractivity (Wildman–Crippen MR) is 107 cm³/mol. The Balaban J connectivity index is 1.83. The zero-order chi connectivity index (χ0) is 18.4. The molecule has 2 heteroatoms. The summed E-state index contributed by atoms with van der Waals surface area (Å²) in [7, 11) is 0. The van der Waals surface area contributed by atoms with Gasteiger partial charge in [-0.1, -0.05) is 90.5 Å². The number of aryl methyl sites for hydroxylation is 1. The van der Waals surface area contributed by atoms with Gasteiger partial charge in [-0.15, -0.1) is 0 Å². The fourth-order valence-corrected chi connectivity index (χ4v) is 3.09. The smallest absolute Gasteiger partial charge is 0.230 e. The Hall–Kier alpha value is -2.87. The number of rotatable bonds is 6. The van der Waals surface area contributed by atoms with Gasteiger partial charge >= 0.3 is 0 Å². The molecule has 132 valence electrons. The summed E-state index contributed by atoms with van der Waals surface area (Å²) in [5.74, 6) is -0.00964. The SMILES string of the molecule is Cc1ccc(C(C)C(=O)N(Cc2ccccc2)Cc2ccccc2)cc1. The molecule has 0 aliphatic rings. The van der Waals surface area contributed by atoms with E-state index in [0.717, 1.165) is 16.7 Å². The van der Waals surface area contributed by atoms with Crippen LogP contribution < -0.4 is 0 Å². The van der Waals surface area contributed by atoms with Gasteiger partial charge in [-0.05, 0) is 30.5 Å². The van der Waals surface area contributed by atoms with Crippen molar-refractivity contribution in [1.82, 2.24) is 4.90 Å². The third-order valence-corrected chi connectivity index (χ3v) is 4.69. The van der Waals surface area contributed by atoms with Crippen molar-refractivity contribution in [2.45, 2.75) is 32.9 Å². The zero-order valence-electron chi connectivity index (χ0n) is 15.4. The van der Waals surface area contributed by atoms with Crippen molar-refractivity contribution in [1.29, 1.82) is 0 Å². The number of nitrogens with zero attached hydrogens (tertiary/aromatic N) is 1. The first-order valence-corrected chi connectivity index (χ1v) is 9.06. The molecule has 0 bridgehead atoms. The molecule has 3 aromatic rings. The molecule has 0 radical (unpaired) electrons. The van der Waals surface area contributed by atoms with Gasteiger partial charge in [-0.3, -0.25) is 4.79 Å². The van der Waals surface area contributed by atoms with Crippen LogP contribution in [0.25, 0.3) is 0 Å². The average Bonchev–Trinajstić information content (AvgIpc) is 2.68. The van der Waals surface area contributed by atoms with Gasteiger partial charge in [0, 0.05) is 13.1 Å². The maximum Gasteiger partial charge on any atom is 0.230 e. The fourth-order valence-electron chi connectivity index (χ4n) is 3.09. The Morgan fingerprint density at radius 2 is 1.23 bits per heavy atom. The number of carbonyl (C=O) groups is 1. The van der Waals surface area contributed by atoms with E-state index in [2.05, 4.69) is 55.5 Å². The molecule has 0 heterocycles. The normalized spacial score (nSPS) is 11.8. The molecule has 0 aromatic heterocycles. The van der Waals surface area contributed by atoms with Crippen LogP contribution in [0.2, 0.25) is 0 Å². The molecule has 26 heavy (non-hydrogen) atoms.